The van der Waals surface area contributed by atoms with Gasteiger partial charge in [0.25, 0.3) is 0 Å². The van der Waals surface area contributed by atoms with E-state index in [1.807, 2.05) is 6.20 Å². The topological polar surface area (TPSA) is 39.9 Å². The van der Waals surface area contributed by atoms with Crippen LogP contribution in [-0.2, 0) is 13.0 Å². The molecule has 3 fully saturated rings. The maximum Gasteiger partial charge on any atom is 0.138 e. The molecule has 0 spiro atoms. The van der Waals surface area contributed by atoms with Gasteiger partial charge >= 0.3 is 0 Å². The molecule has 0 bridgehead atoms. The Morgan fingerprint density at radius 3 is 2.91 bits per heavy atom. The zero-order valence-corrected chi connectivity index (χ0v) is 19.4. The summed E-state index contributed by atoms with van der Waals surface area (Å²) >= 11 is 0. The first-order valence-corrected chi connectivity index (χ1v) is 13.0. The van der Waals surface area contributed by atoms with Crippen LogP contribution >= 0.6 is 0 Å². The van der Waals surface area contributed by atoms with E-state index in [1.165, 1.54) is 74.4 Å². The van der Waals surface area contributed by atoms with Gasteiger partial charge in [0.15, 0.2) is 0 Å². The average molecular weight is 443 g/mol. The molecule has 3 saturated heterocycles. The Morgan fingerprint density at radius 2 is 1.91 bits per heavy atom. The number of fused-ring (bicyclic) bond motifs is 5. The van der Waals surface area contributed by atoms with Gasteiger partial charge in [-0.2, -0.15) is 0 Å². The van der Waals surface area contributed by atoms with Crippen molar-refractivity contribution in [2.45, 2.75) is 57.2 Å². The highest BCUT2D eigenvalue weighted by molar-refractivity contribution is 5.53. The maximum atomic E-state index is 5.09. The summed E-state index contributed by atoms with van der Waals surface area (Å²) in [7, 11) is 0. The van der Waals surface area contributed by atoms with Crippen molar-refractivity contribution in [3.63, 3.8) is 0 Å². The van der Waals surface area contributed by atoms with Crippen LogP contribution in [0.25, 0.3) is 5.65 Å². The Bertz CT molecular complexity index is 1150. The Morgan fingerprint density at radius 1 is 0.939 bits per heavy atom. The molecule has 3 aromatic heterocycles. The third-order valence-corrected chi connectivity index (χ3v) is 8.65. The highest BCUT2D eigenvalue weighted by Crippen LogP contribution is 2.43. The van der Waals surface area contributed by atoms with Gasteiger partial charge in [-0.15, -0.1) is 0 Å². The van der Waals surface area contributed by atoms with Crippen LogP contribution in [0.2, 0.25) is 0 Å². The normalized spacial score (nSPS) is 28.0. The smallest absolute Gasteiger partial charge is 0.138 e. The number of rotatable bonds is 3. The quantitative estimate of drug-likeness (QED) is 0.615. The van der Waals surface area contributed by atoms with Gasteiger partial charge in [0, 0.05) is 44.6 Å². The molecule has 0 amide bonds. The maximum absolute atomic E-state index is 5.09. The van der Waals surface area contributed by atoms with Gasteiger partial charge in [0.05, 0.1) is 17.4 Å². The van der Waals surface area contributed by atoms with E-state index in [2.05, 4.69) is 55.6 Å². The second-order valence-electron chi connectivity index (χ2n) is 10.5. The molecule has 1 aliphatic carbocycles. The fourth-order valence-corrected chi connectivity index (χ4v) is 7.08. The monoisotopic (exact) mass is 442 g/mol. The predicted octanol–water partition coefficient (Wildman–Crippen LogP) is 3.91. The number of piperazine rings is 1. The second-order valence-corrected chi connectivity index (χ2v) is 10.5. The fourth-order valence-electron chi connectivity index (χ4n) is 7.08. The third kappa shape index (κ3) is 3.46. The van der Waals surface area contributed by atoms with Crippen LogP contribution in [-0.4, -0.2) is 62.9 Å². The standard InChI is InChI=1S/C27H34N6/c1-8-24-29-22(18-33(24)25(9-1)31-16-15-30-13-4-7-23(30)19-31)17-32-14-3-6-21-11-10-20-5-2-12-28-26(20)27(21)32/h1-2,5,8-9,12,18,21,23,27H,3-4,6-7,10-11,13-17,19H2/t21-,23-,27-/m0/s1. The number of hydrogen-bond acceptors (Lipinski definition) is 5. The van der Waals surface area contributed by atoms with Gasteiger partial charge in [-0.3, -0.25) is 19.2 Å². The Kier molecular flexibility index (Phi) is 4.90. The van der Waals surface area contributed by atoms with Crippen molar-refractivity contribution in [3.05, 3.63) is 59.7 Å². The summed E-state index contributed by atoms with van der Waals surface area (Å²) in [6.07, 6.45) is 12.1. The van der Waals surface area contributed by atoms with E-state index in [0.717, 1.165) is 43.8 Å². The fraction of sp³-hybridized carbons (Fsp3) is 0.556. The summed E-state index contributed by atoms with van der Waals surface area (Å²) in [5, 5.41) is 0. The largest absolute Gasteiger partial charge is 0.355 e. The van der Waals surface area contributed by atoms with Crippen LogP contribution in [0.1, 0.15) is 55.1 Å². The number of piperidine rings is 1. The van der Waals surface area contributed by atoms with Crippen molar-refractivity contribution in [3.8, 4) is 0 Å². The lowest BCUT2D eigenvalue weighted by Crippen LogP contribution is -2.50. The van der Waals surface area contributed by atoms with Gasteiger partial charge < -0.3 is 4.90 Å². The minimum absolute atomic E-state index is 0.448. The van der Waals surface area contributed by atoms with E-state index >= 15 is 0 Å². The number of pyridine rings is 2. The van der Waals surface area contributed by atoms with Crippen molar-refractivity contribution in [1.29, 1.82) is 0 Å². The highest BCUT2D eigenvalue weighted by atomic mass is 15.3. The van der Waals surface area contributed by atoms with Crippen LogP contribution in [0.4, 0.5) is 5.82 Å². The lowest BCUT2D eigenvalue weighted by molar-refractivity contribution is 0.0687. The van der Waals surface area contributed by atoms with Gasteiger partial charge in [-0.25, -0.2) is 4.98 Å². The molecule has 6 nitrogen and oxygen atoms in total. The molecule has 0 aromatic carbocycles. The summed E-state index contributed by atoms with van der Waals surface area (Å²) in [5.74, 6) is 2.04. The van der Waals surface area contributed by atoms with E-state index in [9.17, 15) is 0 Å². The first-order chi connectivity index (χ1) is 16.3. The molecule has 7 rings (SSSR count). The molecule has 0 saturated carbocycles. The Balaban J connectivity index is 1.17. The van der Waals surface area contributed by atoms with Crippen LogP contribution in [0.15, 0.2) is 42.7 Å². The molecule has 0 unspecified atom stereocenters. The predicted molar refractivity (Wildman–Crippen MR) is 130 cm³/mol. The van der Waals surface area contributed by atoms with Crippen LogP contribution in [0.3, 0.4) is 0 Å². The summed E-state index contributed by atoms with van der Waals surface area (Å²) in [6.45, 7) is 6.78. The molecule has 172 valence electrons. The zero-order valence-electron chi connectivity index (χ0n) is 19.4. The summed E-state index contributed by atoms with van der Waals surface area (Å²) in [5.41, 5.74) is 5.04. The highest BCUT2D eigenvalue weighted by Gasteiger charge is 2.38. The van der Waals surface area contributed by atoms with E-state index in [4.69, 9.17) is 9.97 Å². The van der Waals surface area contributed by atoms with Crippen molar-refractivity contribution in [1.82, 2.24) is 24.2 Å². The van der Waals surface area contributed by atoms with E-state index in [-0.39, 0.29) is 0 Å². The lowest BCUT2D eigenvalue weighted by atomic mass is 9.77. The van der Waals surface area contributed by atoms with Gasteiger partial charge in [-0.05, 0) is 81.3 Å². The number of aromatic nitrogens is 3. The number of hydrogen-bond donors (Lipinski definition) is 0. The molecule has 33 heavy (non-hydrogen) atoms. The summed E-state index contributed by atoms with van der Waals surface area (Å²) < 4.78 is 2.34. The van der Waals surface area contributed by atoms with Crippen LogP contribution < -0.4 is 4.90 Å². The summed E-state index contributed by atoms with van der Waals surface area (Å²) in [4.78, 5) is 17.9. The minimum atomic E-state index is 0.448. The first kappa shape index (κ1) is 20.0. The number of imidazole rings is 1. The van der Waals surface area contributed by atoms with E-state index < -0.39 is 0 Å². The number of aryl methyl sites for hydroxylation is 1. The van der Waals surface area contributed by atoms with Crippen molar-refractivity contribution >= 4 is 11.5 Å². The van der Waals surface area contributed by atoms with Crippen LogP contribution in [0, 0.1) is 5.92 Å². The number of likely N-dealkylation sites (tertiary alicyclic amines) is 1. The minimum Gasteiger partial charge on any atom is -0.355 e. The molecule has 0 radical (unpaired) electrons. The van der Waals surface area contributed by atoms with E-state index in [1.54, 1.807) is 0 Å². The zero-order chi connectivity index (χ0) is 21.8. The number of anilines is 1. The second kappa shape index (κ2) is 8.10. The van der Waals surface area contributed by atoms with Gasteiger partial charge in [-0.1, -0.05) is 12.1 Å². The molecular formula is C27H34N6. The Hall–Kier alpha value is -2.44. The molecule has 4 aliphatic rings. The van der Waals surface area contributed by atoms with Crippen molar-refractivity contribution in [2.75, 3.05) is 37.6 Å². The van der Waals surface area contributed by atoms with Gasteiger partial charge in [0.2, 0.25) is 0 Å². The molecule has 3 atom stereocenters. The summed E-state index contributed by atoms with van der Waals surface area (Å²) in [6, 6.07) is 12.2. The average Bonchev–Trinajstić information content (AvgIpc) is 3.49. The van der Waals surface area contributed by atoms with Crippen molar-refractivity contribution in [2.24, 2.45) is 5.92 Å². The van der Waals surface area contributed by atoms with E-state index in [0.29, 0.717) is 6.04 Å². The number of nitrogens with zero attached hydrogens (tertiary/aromatic N) is 6. The molecular weight excluding hydrogens is 408 g/mol. The first-order valence-electron chi connectivity index (χ1n) is 13.0. The molecule has 6 heterocycles. The van der Waals surface area contributed by atoms with Crippen LogP contribution in [0.5, 0.6) is 0 Å². The molecule has 3 aliphatic heterocycles. The Labute approximate surface area is 196 Å². The molecule has 6 heteroatoms. The molecule has 0 N–H and O–H groups in total. The lowest BCUT2D eigenvalue weighted by Gasteiger charge is -2.44. The van der Waals surface area contributed by atoms with Gasteiger partial charge in [0.1, 0.15) is 11.5 Å². The molecule has 3 aromatic rings. The van der Waals surface area contributed by atoms with Crippen molar-refractivity contribution < 1.29 is 0 Å². The SMILES string of the molecule is c1cnc2c(c1)CC[C@@H]1CCCN(Cc3cn4c(N5CCN6CCC[C@H]6C5)cccc4n3)[C@H]21. The third-order valence-electron chi connectivity index (χ3n) is 8.65.